The van der Waals surface area contributed by atoms with Gasteiger partial charge in [0.15, 0.2) is 5.16 Å². The molecular formula is C15H14BrN3O2S. The largest absolute Gasteiger partial charge is 0.310 e. The van der Waals surface area contributed by atoms with Gasteiger partial charge in [-0.15, -0.1) is 0 Å². The molecule has 2 heterocycles. The summed E-state index contributed by atoms with van der Waals surface area (Å²) in [4.78, 5) is 31.6. The lowest BCUT2D eigenvalue weighted by Gasteiger charge is -2.24. The number of carbonyl (C=O) groups excluding carboxylic acids is 1. The van der Waals surface area contributed by atoms with Crippen molar-refractivity contribution >= 4 is 39.4 Å². The Balaban J connectivity index is 2.11. The first-order valence-electron chi connectivity index (χ1n) is 6.90. The Morgan fingerprint density at radius 2 is 2.05 bits per heavy atom. The van der Waals surface area contributed by atoms with E-state index in [1.54, 1.807) is 0 Å². The molecule has 1 atom stereocenters. The summed E-state index contributed by atoms with van der Waals surface area (Å²) in [5, 5.41) is 3.25. The van der Waals surface area contributed by atoms with Gasteiger partial charge in [-0.25, -0.2) is 4.98 Å². The van der Waals surface area contributed by atoms with Gasteiger partial charge in [-0.2, -0.15) is 0 Å². The lowest BCUT2D eigenvalue weighted by Crippen LogP contribution is -2.31. The molecule has 22 heavy (non-hydrogen) atoms. The summed E-state index contributed by atoms with van der Waals surface area (Å²) in [6, 6.07) is 7.66. The van der Waals surface area contributed by atoms with Crippen molar-refractivity contribution in [2.45, 2.75) is 24.4 Å². The van der Waals surface area contributed by atoms with Gasteiger partial charge in [0.05, 0.1) is 5.56 Å². The number of anilines is 1. The SMILES string of the molecule is CCSc1nc2c(c(=O)[nH]1)C(c1ccc(Br)cc1)CC(=O)N2. The zero-order chi connectivity index (χ0) is 15.7. The van der Waals surface area contributed by atoms with Gasteiger partial charge in [-0.1, -0.05) is 46.7 Å². The summed E-state index contributed by atoms with van der Waals surface area (Å²) < 4.78 is 0.957. The van der Waals surface area contributed by atoms with Crippen molar-refractivity contribution in [1.82, 2.24) is 9.97 Å². The number of H-pyrrole nitrogens is 1. The highest BCUT2D eigenvalue weighted by Gasteiger charge is 2.30. The van der Waals surface area contributed by atoms with Gasteiger partial charge in [0.25, 0.3) is 5.56 Å². The zero-order valence-electron chi connectivity index (χ0n) is 11.9. The number of rotatable bonds is 3. The van der Waals surface area contributed by atoms with Gasteiger partial charge in [-0.3, -0.25) is 9.59 Å². The van der Waals surface area contributed by atoms with Gasteiger partial charge in [0.1, 0.15) is 5.82 Å². The van der Waals surface area contributed by atoms with E-state index in [4.69, 9.17) is 0 Å². The highest BCUT2D eigenvalue weighted by Crippen LogP contribution is 2.34. The van der Waals surface area contributed by atoms with E-state index in [1.807, 2.05) is 31.2 Å². The van der Waals surface area contributed by atoms with Gasteiger partial charge in [0, 0.05) is 16.8 Å². The van der Waals surface area contributed by atoms with Crippen LogP contribution in [-0.4, -0.2) is 21.6 Å². The van der Waals surface area contributed by atoms with Crippen LogP contribution in [-0.2, 0) is 4.79 Å². The molecule has 1 aliphatic heterocycles. The fourth-order valence-corrected chi connectivity index (χ4v) is 3.39. The van der Waals surface area contributed by atoms with Crippen molar-refractivity contribution in [2.75, 3.05) is 11.1 Å². The quantitative estimate of drug-likeness (QED) is 0.634. The number of benzene rings is 1. The molecule has 0 aliphatic carbocycles. The standard InChI is InChI=1S/C15H14BrN3O2S/c1-2-22-15-18-13-12(14(21)19-15)10(7-11(20)17-13)8-3-5-9(16)6-4-8/h3-6,10H,2,7H2,1H3,(H2,17,18,19,20,21). The van der Waals surface area contributed by atoms with Crippen molar-refractivity contribution in [3.8, 4) is 0 Å². The molecule has 1 aromatic heterocycles. The van der Waals surface area contributed by atoms with E-state index in [-0.39, 0.29) is 23.8 Å². The lowest BCUT2D eigenvalue weighted by atomic mass is 9.87. The molecule has 1 amide bonds. The monoisotopic (exact) mass is 379 g/mol. The molecular weight excluding hydrogens is 366 g/mol. The average molecular weight is 380 g/mol. The molecule has 0 fully saturated rings. The Bertz CT molecular complexity index is 773. The number of fused-ring (bicyclic) bond motifs is 1. The smallest absolute Gasteiger partial charge is 0.257 e. The third-order valence-electron chi connectivity index (χ3n) is 3.48. The van der Waals surface area contributed by atoms with E-state index in [0.29, 0.717) is 16.5 Å². The minimum absolute atomic E-state index is 0.119. The van der Waals surface area contributed by atoms with Gasteiger partial charge in [0.2, 0.25) is 5.91 Å². The molecule has 114 valence electrons. The summed E-state index contributed by atoms with van der Waals surface area (Å²) in [7, 11) is 0. The van der Waals surface area contributed by atoms with Crippen molar-refractivity contribution in [3.63, 3.8) is 0 Å². The molecule has 7 heteroatoms. The van der Waals surface area contributed by atoms with E-state index in [2.05, 4.69) is 31.2 Å². The van der Waals surface area contributed by atoms with Gasteiger partial charge >= 0.3 is 0 Å². The third kappa shape index (κ3) is 2.96. The van der Waals surface area contributed by atoms with Crippen molar-refractivity contribution < 1.29 is 4.79 Å². The summed E-state index contributed by atoms with van der Waals surface area (Å²) in [6.07, 6.45) is 0.250. The van der Waals surface area contributed by atoms with Crippen LogP contribution >= 0.6 is 27.7 Å². The molecule has 2 N–H and O–H groups in total. The topological polar surface area (TPSA) is 74.8 Å². The average Bonchev–Trinajstić information content (AvgIpc) is 2.47. The minimum atomic E-state index is -0.270. The predicted octanol–water partition coefficient (Wildman–Crippen LogP) is 3.12. The Morgan fingerprint density at radius 1 is 1.32 bits per heavy atom. The number of halogens is 1. The maximum atomic E-state index is 12.4. The Hall–Kier alpha value is -1.60. The van der Waals surface area contributed by atoms with Crippen LogP contribution < -0.4 is 10.9 Å². The molecule has 5 nitrogen and oxygen atoms in total. The summed E-state index contributed by atoms with van der Waals surface area (Å²) in [5.74, 6) is 0.787. The normalized spacial score (nSPS) is 17.0. The Morgan fingerprint density at radius 3 is 2.73 bits per heavy atom. The van der Waals surface area contributed by atoms with E-state index in [1.165, 1.54) is 11.8 Å². The maximum Gasteiger partial charge on any atom is 0.257 e. The van der Waals surface area contributed by atoms with Crippen LogP contribution in [0.3, 0.4) is 0 Å². The molecule has 0 saturated carbocycles. The van der Waals surface area contributed by atoms with Crippen molar-refractivity contribution in [1.29, 1.82) is 0 Å². The zero-order valence-corrected chi connectivity index (χ0v) is 14.3. The van der Waals surface area contributed by atoms with Gasteiger partial charge in [-0.05, 0) is 23.4 Å². The number of aromatic amines is 1. The van der Waals surface area contributed by atoms with E-state index < -0.39 is 0 Å². The maximum absolute atomic E-state index is 12.4. The minimum Gasteiger partial charge on any atom is -0.310 e. The second-order valence-corrected chi connectivity index (χ2v) is 7.09. The number of carbonyl (C=O) groups is 1. The highest BCUT2D eigenvalue weighted by atomic mass is 79.9. The Kier molecular flexibility index (Phi) is 4.35. The van der Waals surface area contributed by atoms with E-state index in [0.717, 1.165) is 15.8 Å². The first kappa shape index (κ1) is 15.3. The second kappa shape index (κ2) is 6.26. The van der Waals surface area contributed by atoms with Crippen molar-refractivity contribution in [3.05, 3.63) is 50.2 Å². The molecule has 2 aromatic rings. The molecule has 0 radical (unpaired) electrons. The molecule has 3 rings (SSSR count). The Labute approximate surface area is 140 Å². The third-order valence-corrected chi connectivity index (χ3v) is 4.77. The van der Waals surface area contributed by atoms with Gasteiger partial charge < -0.3 is 10.3 Å². The van der Waals surface area contributed by atoms with E-state index >= 15 is 0 Å². The molecule has 1 unspecified atom stereocenters. The van der Waals surface area contributed by atoms with Crippen LogP contribution in [0.4, 0.5) is 5.82 Å². The first-order chi connectivity index (χ1) is 10.6. The molecule has 1 aliphatic rings. The van der Waals surface area contributed by atoms with Crippen LogP contribution in [0.1, 0.15) is 30.4 Å². The molecule has 0 spiro atoms. The van der Waals surface area contributed by atoms with E-state index in [9.17, 15) is 9.59 Å². The molecule has 1 aromatic carbocycles. The summed E-state index contributed by atoms with van der Waals surface area (Å²) in [5.41, 5.74) is 1.28. The first-order valence-corrected chi connectivity index (χ1v) is 8.68. The molecule has 0 bridgehead atoms. The number of aromatic nitrogens is 2. The predicted molar refractivity (Wildman–Crippen MR) is 90.5 cm³/mol. The van der Waals surface area contributed by atoms with Crippen LogP contribution in [0, 0.1) is 0 Å². The summed E-state index contributed by atoms with van der Waals surface area (Å²) >= 11 is 4.83. The summed E-state index contributed by atoms with van der Waals surface area (Å²) in [6.45, 7) is 1.98. The number of nitrogens with one attached hydrogen (secondary N) is 2. The number of amides is 1. The number of hydrogen-bond acceptors (Lipinski definition) is 4. The lowest BCUT2D eigenvalue weighted by molar-refractivity contribution is -0.116. The fraction of sp³-hybridized carbons (Fsp3) is 0.267. The van der Waals surface area contributed by atoms with Crippen LogP contribution in [0.25, 0.3) is 0 Å². The number of thioether (sulfide) groups is 1. The van der Waals surface area contributed by atoms with Crippen LogP contribution in [0.5, 0.6) is 0 Å². The number of hydrogen-bond donors (Lipinski definition) is 2. The fourth-order valence-electron chi connectivity index (χ4n) is 2.54. The molecule has 0 saturated heterocycles. The van der Waals surface area contributed by atoms with Crippen LogP contribution in [0.2, 0.25) is 0 Å². The van der Waals surface area contributed by atoms with Crippen molar-refractivity contribution in [2.24, 2.45) is 0 Å². The van der Waals surface area contributed by atoms with Crippen LogP contribution in [0.15, 0.2) is 38.7 Å². The highest BCUT2D eigenvalue weighted by molar-refractivity contribution is 9.10. The second-order valence-electron chi connectivity index (χ2n) is 4.92. The number of nitrogens with zero attached hydrogens (tertiary/aromatic N) is 1.